The van der Waals surface area contributed by atoms with Gasteiger partial charge in [0.1, 0.15) is 10.7 Å². The minimum Gasteiger partial charge on any atom is -0.377 e. The zero-order valence-electron chi connectivity index (χ0n) is 18.1. The second-order valence-electron chi connectivity index (χ2n) is 7.92. The Morgan fingerprint density at radius 3 is 2.34 bits per heavy atom. The highest BCUT2D eigenvalue weighted by Crippen LogP contribution is 2.34. The molecule has 0 aliphatic heterocycles. The molecule has 0 spiro atoms. The van der Waals surface area contributed by atoms with Crippen LogP contribution in [0.3, 0.4) is 0 Å². The molecule has 0 amide bonds. The van der Waals surface area contributed by atoms with Crippen LogP contribution in [0.1, 0.15) is 33.1 Å². The van der Waals surface area contributed by atoms with Gasteiger partial charge in [0.15, 0.2) is 5.78 Å². The second kappa shape index (κ2) is 9.72. The van der Waals surface area contributed by atoms with Crippen molar-refractivity contribution in [3.05, 3.63) is 113 Å². The van der Waals surface area contributed by atoms with E-state index in [4.69, 9.17) is 0 Å². The zero-order valence-corrected chi connectivity index (χ0v) is 18.9. The van der Waals surface area contributed by atoms with E-state index in [1.54, 1.807) is 0 Å². The largest absolute Gasteiger partial charge is 0.377 e. The summed E-state index contributed by atoms with van der Waals surface area (Å²) >= 11 is 1.01. The molecule has 158 valence electrons. The summed E-state index contributed by atoms with van der Waals surface area (Å²) < 4.78 is 0. The summed E-state index contributed by atoms with van der Waals surface area (Å²) in [5, 5.41) is 16.7. The standard InChI is InChI=1S/C28H24N2OS/c1-19-13-15-22(16-14-19)26(30-23-10-5-7-20(2)17-23)28(32-18-29)27(31)25-12-6-9-21-8-3-4-11-24(21)25/h3-17,26,28,30H,1-2H3/t26-,28-/m1/s1. The number of nitrogens with zero attached hydrogens (tertiary/aromatic N) is 1. The normalized spacial score (nSPS) is 12.7. The Bertz CT molecular complexity index is 1290. The highest BCUT2D eigenvalue weighted by atomic mass is 32.2. The lowest BCUT2D eigenvalue weighted by molar-refractivity contribution is 0.0985. The highest BCUT2D eigenvalue weighted by molar-refractivity contribution is 8.05. The Labute approximate surface area is 193 Å². The van der Waals surface area contributed by atoms with Crippen LogP contribution >= 0.6 is 11.8 Å². The first-order valence-electron chi connectivity index (χ1n) is 10.5. The molecule has 2 atom stereocenters. The van der Waals surface area contributed by atoms with E-state index in [1.165, 1.54) is 0 Å². The van der Waals surface area contributed by atoms with E-state index in [1.807, 2.05) is 98.8 Å². The molecule has 0 aliphatic rings. The van der Waals surface area contributed by atoms with Crippen LogP contribution in [0.25, 0.3) is 10.8 Å². The molecule has 4 aromatic rings. The van der Waals surface area contributed by atoms with Gasteiger partial charge in [0.2, 0.25) is 0 Å². The number of thiocyanates is 1. The molecule has 0 unspecified atom stereocenters. The Balaban J connectivity index is 1.80. The summed E-state index contributed by atoms with van der Waals surface area (Å²) in [6, 6.07) is 29.5. The summed E-state index contributed by atoms with van der Waals surface area (Å²) in [7, 11) is 0. The van der Waals surface area contributed by atoms with Gasteiger partial charge >= 0.3 is 0 Å². The summed E-state index contributed by atoms with van der Waals surface area (Å²) in [4.78, 5) is 13.9. The number of aryl methyl sites for hydroxylation is 2. The zero-order chi connectivity index (χ0) is 22.5. The molecule has 0 saturated carbocycles. The lowest BCUT2D eigenvalue weighted by Crippen LogP contribution is -2.30. The molecule has 0 saturated heterocycles. The van der Waals surface area contributed by atoms with Crippen LogP contribution < -0.4 is 5.32 Å². The lowest BCUT2D eigenvalue weighted by Gasteiger charge is -2.27. The monoisotopic (exact) mass is 436 g/mol. The minimum absolute atomic E-state index is 0.0564. The number of hydrogen-bond donors (Lipinski definition) is 1. The third kappa shape index (κ3) is 4.69. The van der Waals surface area contributed by atoms with Gasteiger partial charge in [-0.3, -0.25) is 4.79 Å². The van der Waals surface area contributed by atoms with Crippen molar-refractivity contribution in [2.24, 2.45) is 0 Å². The average molecular weight is 437 g/mol. The number of ketones is 1. The Hall–Kier alpha value is -3.55. The summed E-state index contributed by atoms with van der Waals surface area (Å²) in [6.07, 6.45) is 0. The minimum atomic E-state index is -0.617. The lowest BCUT2D eigenvalue weighted by atomic mass is 9.93. The van der Waals surface area contributed by atoms with Gasteiger partial charge in [0, 0.05) is 11.3 Å². The number of benzene rings is 4. The Kier molecular flexibility index (Phi) is 6.58. The van der Waals surface area contributed by atoms with Crippen molar-refractivity contribution in [1.82, 2.24) is 0 Å². The third-order valence-electron chi connectivity index (χ3n) is 5.57. The number of carbonyl (C=O) groups excluding carboxylic acids is 1. The number of Topliss-reactive ketones (excluding diaryl/α,β-unsaturated/α-hetero) is 1. The molecule has 32 heavy (non-hydrogen) atoms. The summed E-state index contributed by atoms with van der Waals surface area (Å²) in [5.41, 5.74) is 4.80. The fourth-order valence-corrected chi connectivity index (χ4v) is 4.65. The van der Waals surface area contributed by atoms with Crippen molar-refractivity contribution in [3.8, 4) is 5.40 Å². The van der Waals surface area contributed by atoms with E-state index >= 15 is 0 Å². The van der Waals surface area contributed by atoms with Gasteiger partial charge in [-0.15, -0.1) is 0 Å². The highest BCUT2D eigenvalue weighted by Gasteiger charge is 2.32. The van der Waals surface area contributed by atoms with E-state index in [0.717, 1.165) is 44.9 Å². The fraction of sp³-hybridized carbons (Fsp3) is 0.143. The van der Waals surface area contributed by atoms with E-state index in [-0.39, 0.29) is 11.8 Å². The molecule has 0 heterocycles. The maximum absolute atomic E-state index is 13.9. The molecule has 0 aromatic heterocycles. The molecule has 3 nitrogen and oxygen atoms in total. The topological polar surface area (TPSA) is 52.9 Å². The molecule has 1 N–H and O–H groups in total. The van der Waals surface area contributed by atoms with Crippen LogP contribution in [0.5, 0.6) is 0 Å². The van der Waals surface area contributed by atoms with Crippen LogP contribution in [-0.4, -0.2) is 11.0 Å². The van der Waals surface area contributed by atoms with Crippen LogP contribution in [0.4, 0.5) is 5.69 Å². The van der Waals surface area contributed by atoms with Crippen molar-refractivity contribution in [3.63, 3.8) is 0 Å². The van der Waals surface area contributed by atoms with Crippen molar-refractivity contribution >= 4 is 34.0 Å². The number of hydrogen-bond acceptors (Lipinski definition) is 4. The van der Waals surface area contributed by atoms with Gasteiger partial charge in [0.25, 0.3) is 0 Å². The Morgan fingerprint density at radius 2 is 1.59 bits per heavy atom. The first kappa shape index (κ1) is 21.7. The van der Waals surface area contributed by atoms with E-state index in [2.05, 4.69) is 16.8 Å². The van der Waals surface area contributed by atoms with Crippen LogP contribution in [0.15, 0.2) is 91.0 Å². The van der Waals surface area contributed by atoms with Gasteiger partial charge in [0.05, 0.1) is 6.04 Å². The molecule has 0 bridgehead atoms. The molecular weight excluding hydrogens is 412 g/mol. The molecule has 4 heteroatoms. The number of thioether (sulfide) groups is 1. The van der Waals surface area contributed by atoms with Crippen molar-refractivity contribution in [2.45, 2.75) is 25.1 Å². The van der Waals surface area contributed by atoms with Crippen LogP contribution in [0, 0.1) is 24.5 Å². The molecule has 4 aromatic carbocycles. The molecule has 0 aliphatic carbocycles. The maximum atomic E-state index is 13.9. The predicted octanol–water partition coefficient (Wildman–Crippen LogP) is 7.08. The van der Waals surface area contributed by atoms with Crippen molar-refractivity contribution < 1.29 is 4.79 Å². The molecule has 0 radical (unpaired) electrons. The number of carbonyl (C=O) groups is 1. The average Bonchev–Trinajstić information content (AvgIpc) is 2.81. The summed E-state index contributed by atoms with van der Waals surface area (Å²) in [5.74, 6) is -0.0564. The molecule has 0 fully saturated rings. The number of nitriles is 1. The van der Waals surface area contributed by atoms with Crippen LogP contribution in [0.2, 0.25) is 0 Å². The maximum Gasteiger partial charge on any atom is 0.179 e. The van der Waals surface area contributed by atoms with Gasteiger partial charge < -0.3 is 5.32 Å². The number of nitrogens with one attached hydrogen (secondary N) is 1. The van der Waals surface area contributed by atoms with E-state index < -0.39 is 5.25 Å². The van der Waals surface area contributed by atoms with Gasteiger partial charge in [-0.05, 0) is 59.6 Å². The summed E-state index contributed by atoms with van der Waals surface area (Å²) in [6.45, 7) is 4.07. The number of rotatable bonds is 7. The van der Waals surface area contributed by atoms with Gasteiger partial charge in [-0.1, -0.05) is 84.4 Å². The Morgan fingerprint density at radius 1 is 0.875 bits per heavy atom. The fourth-order valence-electron chi connectivity index (χ4n) is 3.95. The van der Waals surface area contributed by atoms with E-state index in [9.17, 15) is 10.1 Å². The number of anilines is 1. The van der Waals surface area contributed by atoms with E-state index in [0.29, 0.717) is 5.56 Å². The first-order valence-corrected chi connectivity index (χ1v) is 11.4. The van der Waals surface area contributed by atoms with Gasteiger partial charge in [-0.25, -0.2) is 0 Å². The second-order valence-corrected chi connectivity index (χ2v) is 8.85. The first-order chi connectivity index (χ1) is 15.6. The van der Waals surface area contributed by atoms with Gasteiger partial charge in [-0.2, -0.15) is 5.26 Å². The molecular formula is C28H24N2OS. The SMILES string of the molecule is Cc1ccc([C@@H](Nc2cccc(C)c2)[C@@H](SC#N)C(=O)c2cccc3ccccc23)cc1. The number of fused-ring (bicyclic) bond motifs is 1. The smallest absolute Gasteiger partial charge is 0.179 e. The van der Waals surface area contributed by atoms with Crippen molar-refractivity contribution in [1.29, 1.82) is 5.26 Å². The quantitative estimate of drug-likeness (QED) is 0.248. The third-order valence-corrected chi connectivity index (χ3v) is 6.42. The molecule has 4 rings (SSSR count). The van der Waals surface area contributed by atoms with Crippen LogP contribution in [-0.2, 0) is 0 Å². The van der Waals surface area contributed by atoms with Crippen molar-refractivity contribution in [2.75, 3.05) is 5.32 Å². The predicted molar refractivity (Wildman–Crippen MR) is 134 cm³/mol.